The maximum atomic E-state index is 17.0. The lowest BCUT2D eigenvalue weighted by molar-refractivity contribution is -0.0123. The number of benzene rings is 1. The fourth-order valence-corrected chi connectivity index (χ4v) is 9.88. The van der Waals surface area contributed by atoms with E-state index in [2.05, 4.69) is 60.4 Å². The quantitative estimate of drug-likeness (QED) is 0.151. The molecular formula is C41H53F2N9O3Si. The van der Waals surface area contributed by atoms with E-state index in [0.29, 0.717) is 72.8 Å². The molecule has 7 heterocycles. The molecule has 1 aromatic carbocycles. The summed E-state index contributed by atoms with van der Waals surface area (Å²) in [6, 6.07) is 2.13. The van der Waals surface area contributed by atoms with Crippen molar-refractivity contribution in [3.63, 3.8) is 0 Å². The van der Waals surface area contributed by atoms with Gasteiger partial charge in [-0.25, -0.2) is 8.78 Å². The number of alkyl halides is 2. The minimum atomic E-state index is -2.05. The summed E-state index contributed by atoms with van der Waals surface area (Å²) in [6.07, 6.45) is 3.95. The standard InChI is InChI=1S/C41H53F2N9O3Si/c1-38(2,3)56(7,8)17-10-25-18-28-27(20-44-47-28)29(31(25)41(43)12-13-41)32-34-33(50(6)48-32)30-35(49(34)5)45-37(46-36(30)51-15-16-54-23-39(4,53)22-51)55-24-40-11-9-14-52(40)21-26(42)19-40/h18,20,26,53H,9,11-16,19,21-24H2,1-8H3,(H,44,47)/t26-,39+,40+/m1/s1. The molecule has 5 aromatic rings. The van der Waals surface area contributed by atoms with Gasteiger partial charge < -0.3 is 24.0 Å². The van der Waals surface area contributed by atoms with Crippen molar-refractivity contribution >= 4 is 46.9 Å². The van der Waals surface area contributed by atoms with Gasteiger partial charge in [-0.15, -0.1) is 5.54 Å². The van der Waals surface area contributed by atoms with Gasteiger partial charge in [-0.2, -0.15) is 20.2 Å². The van der Waals surface area contributed by atoms with Crippen LogP contribution in [-0.4, -0.2) is 116 Å². The summed E-state index contributed by atoms with van der Waals surface area (Å²) >= 11 is 0. The summed E-state index contributed by atoms with van der Waals surface area (Å²) in [6.45, 7) is 15.8. The van der Waals surface area contributed by atoms with Gasteiger partial charge in [0.1, 0.15) is 43.6 Å². The van der Waals surface area contributed by atoms with Gasteiger partial charge >= 0.3 is 6.01 Å². The van der Waals surface area contributed by atoms with E-state index in [9.17, 15) is 9.50 Å². The third kappa shape index (κ3) is 6.01. The van der Waals surface area contributed by atoms with Crippen LogP contribution in [0.1, 0.15) is 70.9 Å². The van der Waals surface area contributed by atoms with Crippen LogP contribution in [0.15, 0.2) is 12.3 Å². The number of anilines is 1. The Morgan fingerprint density at radius 2 is 1.93 bits per heavy atom. The van der Waals surface area contributed by atoms with E-state index in [4.69, 9.17) is 24.5 Å². The minimum absolute atomic E-state index is 0.0293. The molecule has 0 unspecified atom stereocenters. The van der Waals surface area contributed by atoms with Gasteiger partial charge in [0, 0.05) is 55.7 Å². The molecule has 9 rings (SSSR count). The third-order valence-corrected chi connectivity index (χ3v) is 17.7. The largest absolute Gasteiger partial charge is 0.461 e. The lowest BCUT2D eigenvalue weighted by Crippen LogP contribution is -2.44. The molecule has 4 aliphatic rings. The lowest BCUT2D eigenvalue weighted by Gasteiger charge is -2.31. The summed E-state index contributed by atoms with van der Waals surface area (Å²) in [7, 11) is 1.78. The van der Waals surface area contributed by atoms with Gasteiger partial charge in [-0.3, -0.25) is 14.7 Å². The van der Waals surface area contributed by atoms with Crippen LogP contribution in [0.4, 0.5) is 14.6 Å². The van der Waals surface area contributed by atoms with Crippen LogP contribution >= 0.6 is 0 Å². The molecule has 3 aliphatic heterocycles. The highest BCUT2D eigenvalue weighted by Crippen LogP contribution is 2.56. The molecule has 3 atom stereocenters. The Morgan fingerprint density at radius 1 is 1.14 bits per heavy atom. The topological polar surface area (TPSA) is 122 Å². The van der Waals surface area contributed by atoms with Crippen molar-refractivity contribution in [3.8, 4) is 28.7 Å². The van der Waals surface area contributed by atoms with E-state index in [0.717, 1.165) is 46.7 Å². The molecule has 0 bridgehead atoms. The number of aliphatic hydroxyl groups is 1. The zero-order valence-corrected chi connectivity index (χ0v) is 34.8. The van der Waals surface area contributed by atoms with Crippen molar-refractivity contribution in [2.24, 2.45) is 14.1 Å². The van der Waals surface area contributed by atoms with Crippen LogP contribution in [0, 0.1) is 11.5 Å². The molecule has 56 heavy (non-hydrogen) atoms. The van der Waals surface area contributed by atoms with E-state index in [1.807, 2.05) is 34.3 Å². The number of aryl methyl sites for hydroxylation is 2. The number of β-amino-alcohol motifs (C(OH)–C–C–N with tert-alkyl or cyclic N) is 1. The first-order valence-electron chi connectivity index (χ1n) is 19.9. The summed E-state index contributed by atoms with van der Waals surface area (Å²) in [5.41, 5.74) is 5.94. The summed E-state index contributed by atoms with van der Waals surface area (Å²) in [4.78, 5) is 14.4. The number of hydrogen-bond acceptors (Lipinski definition) is 9. The van der Waals surface area contributed by atoms with Gasteiger partial charge in [0.25, 0.3) is 0 Å². The highest BCUT2D eigenvalue weighted by molar-refractivity contribution is 6.87. The Balaban J connectivity index is 1.27. The molecule has 4 fully saturated rings. The van der Waals surface area contributed by atoms with Crippen LogP contribution in [0.2, 0.25) is 18.1 Å². The maximum Gasteiger partial charge on any atom is 0.320 e. The Bertz CT molecular complexity index is 2450. The van der Waals surface area contributed by atoms with Gasteiger partial charge in [0.2, 0.25) is 0 Å². The van der Waals surface area contributed by atoms with Crippen molar-refractivity contribution in [2.45, 2.75) is 101 Å². The van der Waals surface area contributed by atoms with E-state index < -0.39 is 25.5 Å². The molecule has 4 aromatic heterocycles. The molecule has 2 N–H and O–H groups in total. The zero-order valence-electron chi connectivity index (χ0n) is 33.8. The third-order valence-electron chi connectivity index (χ3n) is 13.2. The fourth-order valence-electron chi connectivity index (χ4n) is 9.05. The van der Waals surface area contributed by atoms with Crippen LogP contribution < -0.4 is 9.64 Å². The van der Waals surface area contributed by atoms with Crippen molar-refractivity contribution in [1.29, 1.82) is 0 Å². The average molecular weight is 786 g/mol. The van der Waals surface area contributed by atoms with Crippen molar-refractivity contribution < 1.29 is 23.4 Å². The number of ether oxygens (including phenoxy) is 2. The Kier molecular flexibility index (Phi) is 8.50. The Labute approximate surface area is 326 Å². The molecule has 15 heteroatoms. The number of nitrogens with one attached hydrogen (secondary N) is 1. The summed E-state index contributed by atoms with van der Waals surface area (Å²) in [5.74, 6) is 4.08. The molecule has 298 valence electrons. The normalized spacial score (nSPS) is 25.6. The highest BCUT2D eigenvalue weighted by atomic mass is 28.3. The molecule has 1 saturated carbocycles. The number of fused-ring (bicyclic) bond motifs is 5. The molecule has 12 nitrogen and oxygen atoms in total. The molecule has 1 aliphatic carbocycles. The average Bonchev–Trinajstić information content (AvgIpc) is 3.49. The molecule has 3 saturated heterocycles. The van der Waals surface area contributed by atoms with E-state index in [1.54, 1.807) is 13.1 Å². The van der Waals surface area contributed by atoms with E-state index >= 15 is 4.39 Å². The van der Waals surface area contributed by atoms with Crippen LogP contribution in [0.25, 0.3) is 44.2 Å². The maximum absolute atomic E-state index is 17.0. The highest BCUT2D eigenvalue weighted by Gasteiger charge is 2.51. The predicted molar refractivity (Wildman–Crippen MR) is 216 cm³/mol. The number of H-pyrrole nitrogens is 1. The second-order valence-corrected chi connectivity index (χ2v) is 23.7. The number of aromatic nitrogens is 7. The fraction of sp³-hybridized carbons (Fsp3) is 0.610. The molecule has 0 radical (unpaired) electrons. The predicted octanol–water partition coefficient (Wildman–Crippen LogP) is 6.30. The first-order valence-corrected chi connectivity index (χ1v) is 22.9. The monoisotopic (exact) mass is 785 g/mol. The summed E-state index contributed by atoms with van der Waals surface area (Å²) < 4.78 is 47.9. The van der Waals surface area contributed by atoms with Crippen LogP contribution in [0.5, 0.6) is 6.01 Å². The van der Waals surface area contributed by atoms with Gasteiger partial charge in [-0.05, 0) is 50.3 Å². The summed E-state index contributed by atoms with van der Waals surface area (Å²) in [5, 5.41) is 25.6. The molecule has 0 amide bonds. The zero-order chi connectivity index (χ0) is 39.6. The SMILES string of the molecule is Cn1nc(-c2c(C3(F)CC3)c(C#C[Si](C)(C)C(C)(C)C)cc3[nH]ncc23)c2c1c1c(N3CCOC[C@@](C)(O)C3)nc(OC[C@@]34CCCN3C[C@H](F)C4)nc1n2C. The smallest absolute Gasteiger partial charge is 0.320 e. The number of hydrogen-bond donors (Lipinski definition) is 2. The first-order chi connectivity index (χ1) is 26.4. The Morgan fingerprint density at radius 3 is 2.68 bits per heavy atom. The minimum Gasteiger partial charge on any atom is -0.461 e. The van der Waals surface area contributed by atoms with Crippen molar-refractivity contribution in [2.75, 3.05) is 50.9 Å². The van der Waals surface area contributed by atoms with Crippen molar-refractivity contribution in [1.82, 2.24) is 39.4 Å². The second kappa shape index (κ2) is 12.7. The Hall–Kier alpha value is -4.10. The van der Waals surface area contributed by atoms with Crippen LogP contribution in [-0.2, 0) is 24.5 Å². The number of rotatable bonds is 6. The van der Waals surface area contributed by atoms with E-state index in [1.165, 1.54) is 0 Å². The van der Waals surface area contributed by atoms with Gasteiger partial charge in [0.15, 0.2) is 5.65 Å². The lowest BCUT2D eigenvalue weighted by atomic mass is 9.90. The van der Waals surface area contributed by atoms with E-state index in [-0.39, 0.29) is 36.3 Å². The molecular weight excluding hydrogens is 733 g/mol. The number of nitrogens with zero attached hydrogens (tertiary/aromatic N) is 8. The number of halogens is 2. The molecule has 0 spiro atoms. The number of aromatic amines is 1. The van der Waals surface area contributed by atoms with Gasteiger partial charge in [0.05, 0.1) is 53.4 Å². The second-order valence-electron chi connectivity index (χ2n) is 18.7. The van der Waals surface area contributed by atoms with Crippen molar-refractivity contribution in [3.05, 3.63) is 23.4 Å². The van der Waals surface area contributed by atoms with Gasteiger partial charge in [-0.1, -0.05) is 39.8 Å². The first kappa shape index (κ1) is 37.5. The van der Waals surface area contributed by atoms with Crippen LogP contribution in [0.3, 0.4) is 0 Å².